The van der Waals surface area contributed by atoms with E-state index in [1.165, 1.54) is 6.20 Å². The molecule has 0 spiro atoms. The number of likely N-dealkylation sites (N-methyl/N-ethyl adjacent to an activating group) is 1. The molecule has 9 heteroatoms. The number of hydrogen-bond acceptors (Lipinski definition) is 6. The minimum Gasteiger partial charge on any atom is -0.383 e. The Bertz CT molecular complexity index is 1290. The number of aryl methyl sites for hydroxylation is 1. The Morgan fingerprint density at radius 1 is 1.17 bits per heavy atom. The van der Waals surface area contributed by atoms with Crippen LogP contribution in [0.2, 0.25) is 0 Å². The summed E-state index contributed by atoms with van der Waals surface area (Å²) in [6.07, 6.45) is 7.20. The number of nitrogens with two attached hydrogens (primary N) is 1. The van der Waals surface area contributed by atoms with Crippen LogP contribution in [0, 0.1) is 5.92 Å². The Hall–Kier alpha value is -3.46. The molecule has 3 atom stereocenters. The molecule has 190 valence electrons. The average Bonchev–Trinajstić information content (AvgIpc) is 3.50. The third kappa shape index (κ3) is 4.80. The van der Waals surface area contributed by atoms with E-state index in [2.05, 4.69) is 58.2 Å². The fourth-order valence-electron chi connectivity index (χ4n) is 5.49. The van der Waals surface area contributed by atoms with Crippen molar-refractivity contribution in [2.45, 2.75) is 51.6 Å². The van der Waals surface area contributed by atoms with Crippen LogP contribution in [-0.2, 0) is 16.0 Å². The first-order chi connectivity index (χ1) is 17.3. The van der Waals surface area contributed by atoms with E-state index in [0.717, 1.165) is 54.4 Å². The fraction of sp³-hybridized carbons (Fsp3) is 0.481. The molecule has 1 aromatic carbocycles. The summed E-state index contributed by atoms with van der Waals surface area (Å²) in [5.41, 5.74) is 9.14. The number of carbonyl (C=O) groups excluding carboxylic acids is 2. The van der Waals surface area contributed by atoms with Gasteiger partial charge in [0, 0.05) is 24.7 Å². The topological polar surface area (TPSA) is 109 Å². The number of anilines is 2. The van der Waals surface area contributed by atoms with E-state index in [1.54, 1.807) is 11.0 Å². The Morgan fingerprint density at radius 2 is 2.00 bits per heavy atom. The first-order valence-electron chi connectivity index (χ1n) is 12.9. The van der Waals surface area contributed by atoms with E-state index >= 15 is 0 Å². The van der Waals surface area contributed by atoms with Crippen LogP contribution in [0.25, 0.3) is 10.9 Å². The Kier molecular flexibility index (Phi) is 6.66. The number of carbonyl (C=O) groups is 2. The number of hydrogen-bond donors (Lipinski definition) is 2. The molecule has 2 aromatic heterocycles. The van der Waals surface area contributed by atoms with E-state index < -0.39 is 11.8 Å². The molecule has 0 saturated carbocycles. The summed E-state index contributed by atoms with van der Waals surface area (Å²) in [4.78, 5) is 34.5. The molecule has 3 aromatic rings. The van der Waals surface area contributed by atoms with Gasteiger partial charge in [-0.3, -0.25) is 14.3 Å². The Morgan fingerprint density at radius 3 is 2.75 bits per heavy atom. The van der Waals surface area contributed by atoms with Gasteiger partial charge in [0.1, 0.15) is 5.82 Å². The third-order valence-electron chi connectivity index (χ3n) is 7.59. The first kappa shape index (κ1) is 24.2. The van der Waals surface area contributed by atoms with E-state index in [1.807, 2.05) is 6.92 Å². The molecule has 2 fully saturated rings. The molecule has 4 heterocycles. The zero-order valence-corrected chi connectivity index (χ0v) is 21.3. The van der Waals surface area contributed by atoms with Gasteiger partial charge >= 0.3 is 11.8 Å². The molecule has 2 aliphatic rings. The van der Waals surface area contributed by atoms with E-state index in [0.29, 0.717) is 36.4 Å². The highest BCUT2D eigenvalue weighted by atomic mass is 16.2. The average molecular weight is 490 g/mol. The van der Waals surface area contributed by atoms with Crippen molar-refractivity contribution in [3.63, 3.8) is 0 Å². The maximum atomic E-state index is 13.4. The second kappa shape index (κ2) is 9.89. The van der Waals surface area contributed by atoms with Gasteiger partial charge in [-0.15, -0.1) is 0 Å². The maximum Gasteiger partial charge on any atom is 0.313 e. The summed E-state index contributed by atoms with van der Waals surface area (Å²) in [5.74, 6) is -0.422. The minimum absolute atomic E-state index is 0.164. The number of nitrogen functional groups attached to an aromatic ring is 1. The molecular formula is C27H35N7O2. The van der Waals surface area contributed by atoms with Gasteiger partial charge in [0.25, 0.3) is 0 Å². The molecule has 0 unspecified atom stereocenters. The van der Waals surface area contributed by atoms with Crippen LogP contribution < -0.4 is 11.1 Å². The van der Waals surface area contributed by atoms with Crippen molar-refractivity contribution in [1.29, 1.82) is 0 Å². The van der Waals surface area contributed by atoms with Crippen molar-refractivity contribution < 1.29 is 9.59 Å². The smallest absolute Gasteiger partial charge is 0.313 e. The highest BCUT2D eigenvalue weighted by Crippen LogP contribution is 2.35. The quantitative estimate of drug-likeness (QED) is 0.544. The van der Waals surface area contributed by atoms with Gasteiger partial charge < -0.3 is 20.9 Å². The predicted molar refractivity (Wildman–Crippen MR) is 140 cm³/mol. The zero-order chi connectivity index (χ0) is 25.4. The van der Waals surface area contributed by atoms with Crippen LogP contribution in [0.1, 0.15) is 56.3 Å². The normalized spacial score (nSPS) is 22.8. The van der Waals surface area contributed by atoms with E-state index in [-0.39, 0.29) is 6.04 Å². The number of rotatable bonds is 4. The second-order valence-corrected chi connectivity index (χ2v) is 10.4. The highest BCUT2D eigenvalue weighted by molar-refractivity contribution is 6.39. The Labute approximate surface area is 211 Å². The molecule has 0 bridgehead atoms. The molecule has 9 nitrogen and oxygen atoms in total. The van der Waals surface area contributed by atoms with Gasteiger partial charge in [-0.25, -0.2) is 4.98 Å². The van der Waals surface area contributed by atoms with Crippen molar-refractivity contribution in [2.24, 2.45) is 5.92 Å². The van der Waals surface area contributed by atoms with Crippen LogP contribution in [0.3, 0.4) is 0 Å². The molecule has 2 aliphatic heterocycles. The first-order valence-corrected chi connectivity index (χ1v) is 12.9. The van der Waals surface area contributed by atoms with Gasteiger partial charge in [-0.05, 0) is 68.5 Å². The Balaban J connectivity index is 1.37. The third-order valence-corrected chi connectivity index (χ3v) is 7.59. The largest absolute Gasteiger partial charge is 0.383 e. The highest BCUT2D eigenvalue weighted by Gasteiger charge is 2.34. The van der Waals surface area contributed by atoms with Crippen LogP contribution in [0.4, 0.5) is 11.5 Å². The van der Waals surface area contributed by atoms with Crippen molar-refractivity contribution in [1.82, 2.24) is 24.6 Å². The molecule has 2 amide bonds. The lowest BCUT2D eigenvalue weighted by Gasteiger charge is -2.38. The van der Waals surface area contributed by atoms with Gasteiger partial charge in [0.2, 0.25) is 0 Å². The zero-order valence-electron chi connectivity index (χ0n) is 21.3. The summed E-state index contributed by atoms with van der Waals surface area (Å²) in [5, 5.41) is 8.69. The van der Waals surface area contributed by atoms with Crippen molar-refractivity contribution >= 4 is 34.2 Å². The molecular weight excluding hydrogens is 454 g/mol. The van der Waals surface area contributed by atoms with Crippen LogP contribution in [0.5, 0.6) is 0 Å². The van der Waals surface area contributed by atoms with E-state index in [9.17, 15) is 9.59 Å². The van der Waals surface area contributed by atoms with Gasteiger partial charge in [-0.2, -0.15) is 5.10 Å². The number of amides is 2. The summed E-state index contributed by atoms with van der Waals surface area (Å²) >= 11 is 0. The molecule has 36 heavy (non-hydrogen) atoms. The van der Waals surface area contributed by atoms with Gasteiger partial charge in [-0.1, -0.05) is 26.0 Å². The fourth-order valence-corrected chi connectivity index (χ4v) is 5.49. The number of benzene rings is 1. The molecule has 5 rings (SSSR count). The van der Waals surface area contributed by atoms with Crippen molar-refractivity contribution in [3.05, 3.63) is 47.8 Å². The number of aromatic nitrogens is 3. The maximum absolute atomic E-state index is 13.4. The number of nitrogens with one attached hydrogen (secondary N) is 1. The van der Waals surface area contributed by atoms with Gasteiger partial charge in [0.15, 0.2) is 0 Å². The lowest BCUT2D eigenvalue weighted by Crippen LogP contribution is -2.46. The predicted octanol–water partition coefficient (Wildman–Crippen LogP) is 3.39. The lowest BCUT2D eigenvalue weighted by atomic mass is 9.89. The number of likely N-dealkylation sites (tertiary alicyclic amines) is 2. The van der Waals surface area contributed by atoms with Gasteiger partial charge in [0.05, 0.1) is 29.5 Å². The number of pyridine rings is 1. The summed E-state index contributed by atoms with van der Waals surface area (Å²) in [6.45, 7) is 6.71. The number of piperidine rings is 1. The summed E-state index contributed by atoms with van der Waals surface area (Å²) in [6, 6.07) is 8.24. The summed E-state index contributed by atoms with van der Waals surface area (Å²) < 4.78 is 2.09. The number of fused-ring (bicyclic) bond motifs is 1. The lowest BCUT2D eigenvalue weighted by molar-refractivity contribution is -0.146. The van der Waals surface area contributed by atoms with Crippen molar-refractivity contribution in [3.8, 4) is 0 Å². The molecule has 0 aliphatic carbocycles. The second-order valence-electron chi connectivity index (χ2n) is 10.4. The molecule has 2 saturated heterocycles. The van der Waals surface area contributed by atoms with Crippen LogP contribution >= 0.6 is 0 Å². The summed E-state index contributed by atoms with van der Waals surface area (Å²) in [7, 11) is 2.14. The van der Waals surface area contributed by atoms with Crippen LogP contribution in [0.15, 0.2) is 36.7 Å². The van der Waals surface area contributed by atoms with Crippen molar-refractivity contribution in [2.75, 3.05) is 37.7 Å². The standard InChI is InChI=1S/C27H35N7O2/c1-4-18-11-21(13-29-25(18)28)30-26(35)27(36)33-14-17(2)5-8-24(33)19-6-7-20-15-34(31-23(20)12-19)22-9-10-32(3)16-22/h6-7,11-13,15,17,22,24H,4-5,8-10,14,16H2,1-3H3,(H2,28,29)(H,30,35)/t17-,22+,24+/m0/s1. The monoisotopic (exact) mass is 489 g/mol. The number of nitrogens with zero attached hydrogens (tertiary/aromatic N) is 5. The van der Waals surface area contributed by atoms with Crippen LogP contribution in [-0.4, -0.2) is 63.1 Å². The minimum atomic E-state index is -0.654. The molecule has 0 radical (unpaired) electrons. The SMILES string of the molecule is CCc1cc(NC(=O)C(=O)N2C[C@@H](C)CC[C@@H]2c2ccc3cn([C@@H]4CCN(C)C4)nc3c2)cnc1N. The molecule has 3 N–H and O–H groups in total. The van der Waals surface area contributed by atoms with E-state index in [4.69, 9.17) is 10.8 Å².